The van der Waals surface area contributed by atoms with Gasteiger partial charge < -0.3 is 16.0 Å². The molecule has 2 aromatic carbocycles. The first-order valence-corrected chi connectivity index (χ1v) is 8.77. The van der Waals surface area contributed by atoms with Crippen molar-refractivity contribution in [3.8, 4) is 0 Å². The van der Waals surface area contributed by atoms with Crippen LogP contribution in [-0.2, 0) is 11.2 Å². The van der Waals surface area contributed by atoms with E-state index in [0.29, 0.717) is 5.11 Å². The van der Waals surface area contributed by atoms with E-state index in [9.17, 15) is 13.6 Å². The summed E-state index contributed by atoms with van der Waals surface area (Å²) in [7, 11) is 0. The van der Waals surface area contributed by atoms with Crippen molar-refractivity contribution in [2.45, 2.75) is 26.2 Å². The number of amides is 1. The van der Waals surface area contributed by atoms with E-state index in [1.807, 2.05) is 24.3 Å². The number of halogens is 2. The number of thiocarbonyl (C=S) groups is 1. The molecule has 26 heavy (non-hydrogen) atoms. The molecule has 0 bridgehead atoms. The van der Waals surface area contributed by atoms with Crippen molar-refractivity contribution in [2.24, 2.45) is 0 Å². The van der Waals surface area contributed by atoms with E-state index in [0.717, 1.165) is 37.1 Å². The van der Waals surface area contributed by atoms with Gasteiger partial charge in [0.15, 0.2) is 16.7 Å². The lowest BCUT2D eigenvalue weighted by Gasteiger charge is -2.11. The standard InChI is InChI=1S/C19H21F2N3OS/c1-2-3-4-13-5-7-14(8-6-13)24-19(26)22-12-18(25)23-15-9-10-16(20)17(21)11-15/h5-11H,2-4,12H2,1H3,(H,23,25)(H2,22,24,26). The molecular weight excluding hydrogens is 356 g/mol. The summed E-state index contributed by atoms with van der Waals surface area (Å²) >= 11 is 5.15. The van der Waals surface area contributed by atoms with Gasteiger partial charge in [-0.1, -0.05) is 25.5 Å². The van der Waals surface area contributed by atoms with Crippen LogP contribution >= 0.6 is 12.2 Å². The molecule has 4 nitrogen and oxygen atoms in total. The Morgan fingerprint density at radius 1 is 1.00 bits per heavy atom. The summed E-state index contributed by atoms with van der Waals surface area (Å²) in [5.41, 5.74) is 2.27. The first-order chi connectivity index (χ1) is 12.5. The number of nitrogens with one attached hydrogen (secondary N) is 3. The Balaban J connectivity index is 1.77. The quantitative estimate of drug-likeness (QED) is 0.632. The fourth-order valence-electron chi connectivity index (χ4n) is 2.25. The molecule has 3 N–H and O–H groups in total. The summed E-state index contributed by atoms with van der Waals surface area (Å²) in [6.07, 6.45) is 3.35. The number of hydrogen-bond donors (Lipinski definition) is 3. The lowest BCUT2D eigenvalue weighted by atomic mass is 10.1. The highest BCUT2D eigenvalue weighted by atomic mass is 32.1. The SMILES string of the molecule is CCCCc1ccc(NC(=S)NCC(=O)Nc2ccc(F)c(F)c2)cc1. The van der Waals surface area contributed by atoms with Gasteiger partial charge in [0.05, 0.1) is 6.54 Å². The van der Waals surface area contributed by atoms with Gasteiger partial charge >= 0.3 is 0 Å². The smallest absolute Gasteiger partial charge is 0.243 e. The highest BCUT2D eigenvalue weighted by Crippen LogP contribution is 2.13. The van der Waals surface area contributed by atoms with Gasteiger partial charge in [0, 0.05) is 17.4 Å². The lowest BCUT2D eigenvalue weighted by Crippen LogP contribution is -2.35. The largest absolute Gasteiger partial charge is 0.353 e. The molecule has 2 aromatic rings. The zero-order valence-corrected chi connectivity index (χ0v) is 15.3. The van der Waals surface area contributed by atoms with Crippen LogP contribution in [0.25, 0.3) is 0 Å². The van der Waals surface area contributed by atoms with E-state index in [-0.39, 0.29) is 12.2 Å². The van der Waals surface area contributed by atoms with Gasteiger partial charge in [0.2, 0.25) is 5.91 Å². The topological polar surface area (TPSA) is 53.2 Å². The first kappa shape index (κ1) is 19.8. The number of benzene rings is 2. The van der Waals surface area contributed by atoms with Gasteiger partial charge in [-0.05, 0) is 54.9 Å². The number of aryl methyl sites for hydroxylation is 1. The third-order valence-corrected chi connectivity index (χ3v) is 3.89. The number of unbranched alkanes of at least 4 members (excludes halogenated alkanes) is 1. The van der Waals surface area contributed by atoms with Crippen LogP contribution in [-0.4, -0.2) is 17.6 Å². The van der Waals surface area contributed by atoms with Crippen LogP contribution in [0.15, 0.2) is 42.5 Å². The van der Waals surface area contributed by atoms with Crippen LogP contribution in [0.2, 0.25) is 0 Å². The predicted octanol–water partition coefficient (Wildman–Crippen LogP) is 4.23. The Bertz CT molecular complexity index is 766. The normalized spacial score (nSPS) is 10.3. The Hall–Kier alpha value is -2.54. The van der Waals surface area contributed by atoms with Crippen LogP contribution in [0.3, 0.4) is 0 Å². The fourth-order valence-corrected chi connectivity index (χ4v) is 2.44. The third-order valence-electron chi connectivity index (χ3n) is 3.64. The number of carbonyl (C=O) groups is 1. The predicted molar refractivity (Wildman–Crippen MR) is 104 cm³/mol. The molecule has 0 aliphatic rings. The van der Waals surface area contributed by atoms with Crippen molar-refractivity contribution < 1.29 is 13.6 Å². The molecule has 2 rings (SSSR count). The number of carbonyl (C=O) groups excluding carboxylic acids is 1. The minimum absolute atomic E-state index is 0.0978. The maximum atomic E-state index is 13.1. The number of anilines is 2. The second-order valence-electron chi connectivity index (χ2n) is 5.79. The molecule has 1 amide bonds. The van der Waals surface area contributed by atoms with Crippen molar-refractivity contribution in [1.82, 2.24) is 5.32 Å². The Labute approximate surface area is 157 Å². The average molecular weight is 377 g/mol. The van der Waals surface area contributed by atoms with Gasteiger partial charge in [-0.2, -0.15) is 0 Å². The van der Waals surface area contributed by atoms with Crippen LogP contribution < -0.4 is 16.0 Å². The molecule has 7 heteroatoms. The van der Waals surface area contributed by atoms with Gasteiger partial charge in [-0.25, -0.2) is 8.78 Å². The van der Waals surface area contributed by atoms with Crippen LogP contribution in [0.1, 0.15) is 25.3 Å². The highest BCUT2D eigenvalue weighted by Gasteiger charge is 2.07. The highest BCUT2D eigenvalue weighted by molar-refractivity contribution is 7.80. The van der Waals surface area contributed by atoms with Crippen molar-refractivity contribution in [3.63, 3.8) is 0 Å². The van der Waals surface area contributed by atoms with Crippen molar-refractivity contribution in [2.75, 3.05) is 17.2 Å². The van der Waals surface area contributed by atoms with Gasteiger partial charge in [0.25, 0.3) is 0 Å². The Kier molecular flexibility index (Phi) is 7.47. The molecule has 0 radical (unpaired) electrons. The average Bonchev–Trinajstić information content (AvgIpc) is 2.62. The minimum Gasteiger partial charge on any atom is -0.353 e. The van der Waals surface area contributed by atoms with Crippen molar-refractivity contribution in [1.29, 1.82) is 0 Å². The Morgan fingerprint density at radius 3 is 2.35 bits per heavy atom. The van der Waals surface area contributed by atoms with Crippen LogP contribution in [0, 0.1) is 11.6 Å². The van der Waals surface area contributed by atoms with E-state index in [4.69, 9.17) is 12.2 Å². The maximum absolute atomic E-state index is 13.1. The Morgan fingerprint density at radius 2 is 1.69 bits per heavy atom. The third kappa shape index (κ3) is 6.40. The number of hydrogen-bond acceptors (Lipinski definition) is 2. The van der Waals surface area contributed by atoms with Crippen molar-refractivity contribution >= 4 is 34.6 Å². The molecule has 0 heterocycles. The van der Waals surface area contributed by atoms with Crippen molar-refractivity contribution in [3.05, 3.63) is 59.7 Å². The lowest BCUT2D eigenvalue weighted by molar-refractivity contribution is -0.115. The molecule has 0 aliphatic heterocycles. The van der Waals surface area contributed by atoms with E-state index < -0.39 is 17.5 Å². The summed E-state index contributed by atoms with van der Waals surface area (Å²) in [5, 5.41) is 8.52. The van der Waals surface area contributed by atoms with E-state index in [1.165, 1.54) is 11.6 Å². The summed E-state index contributed by atoms with van der Waals surface area (Å²) in [4.78, 5) is 11.8. The second kappa shape index (κ2) is 9.82. The van der Waals surface area contributed by atoms with Gasteiger partial charge in [-0.15, -0.1) is 0 Å². The van der Waals surface area contributed by atoms with E-state index in [1.54, 1.807) is 0 Å². The first-order valence-electron chi connectivity index (χ1n) is 8.36. The summed E-state index contributed by atoms with van der Waals surface area (Å²) < 4.78 is 26.0. The zero-order chi connectivity index (χ0) is 18.9. The molecule has 0 atom stereocenters. The molecule has 138 valence electrons. The summed E-state index contributed by atoms with van der Waals surface area (Å²) in [6, 6.07) is 11.1. The molecule has 0 fully saturated rings. The molecule has 0 aromatic heterocycles. The summed E-state index contributed by atoms with van der Waals surface area (Å²) in [5.74, 6) is -2.40. The van der Waals surface area contributed by atoms with E-state index >= 15 is 0 Å². The summed E-state index contributed by atoms with van der Waals surface area (Å²) in [6.45, 7) is 2.06. The fraction of sp³-hybridized carbons (Fsp3) is 0.263. The maximum Gasteiger partial charge on any atom is 0.243 e. The van der Waals surface area contributed by atoms with Gasteiger partial charge in [-0.3, -0.25) is 4.79 Å². The monoisotopic (exact) mass is 377 g/mol. The molecule has 0 spiro atoms. The zero-order valence-electron chi connectivity index (χ0n) is 14.4. The molecular formula is C19H21F2N3OS. The van der Waals surface area contributed by atoms with Crippen LogP contribution in [0.4, 0.5) is 20.2 Å². The number of rotatable bonds is 7. The molecule has 0 saturated carbocycles. The second-order valence-corrected chi connectivity index (χ2v) is 6.19. The molecule has 0 unspecified atom stereocenters. The molecule has 0 saturated heterocycles. The van der Waals surface area contributed by atoms with E-state index in [2.05, 4.69) is 22.9 Å². The minimum atomic E-state index is -1.02. The van der Waals surface area contributed by atoms with Crippen LogP contribution in [0.5, 0.6) is 0 Å². The van der Waals surface area contributed by atoms with Gasteiger partial charge in [0.1, 0.15) is 0 Å². The molecule has 0 aliphatic carbocycles.